The molecule has 0 aliphatic carbocycles. The van der Waals surface area contributed by atoms with Gasteiger partial charge in [0.05, 0.1) is 6.10 Å². The van der Waals surface area contributed by atoms with Gasteiger partial charge < -0.3 is 4.74 Å². The van der Waals surface area contributed by atoms with Gasteiger partial charge in [-0.3, -0.25) is 0 Å². The zero-order valence-corrected chi connectivity index (χ0v) is 11.5. The summed E-state index contributed by atoms with van der Waals surface area (Å²) in [6.45, 7) is 4.55. The van der Waals surface area contributed by atoms with Crippen LogP contribution >= 0.6 is 0 Å². The van der Waals surface area contributed by atoms with Crippen molar-refractivity contribution in [3.05, 3.63) is 35.9 Å². The third-order valence-corrected chi connectivity index (χ3v) is 3.41. The van der Waals surface area contributed by atoms with Crippen LogP contribution in [0.3, 0.4) is 0 Å². The molecule has 0 saturated heterocycles. The molecule has 96 valence electrons. The minimum absolute atomic E-state index is 0.248. The van der Waals surface area contributed by atoms with Gasteiger partial charge in [-0.25, -0.2) is 0 Å². The van der Waals surface area contributed by atoms with Crippen LogP contribution in [0.25, 0.3) is 0 Å². The number of hydrogen-bond donors (Lipinski definition) is 0. The summed E-state index contributed by atoms with van der Waals surface area (Å²) in [5.41, 5.74) is 1.30. The lowest BCUT2D eigenvalue weighted by Crippen LogP contribution is -2.12. The molecule has 0 bridgehead atoms. The van der Waals surface area contributed by atoms with Crippen molar-refractivity contribution < 1.29 is 4.74 Å². The summed E-state index contributed by atoms with van der Waals surface area (Å²) in [4.78, 5) is 0. The predicted molar refractivity (Wildman–Crippen MR) is 74.1 cm³/mol. The monoisotopic (exact) mass is 234 g/mol. The second kappa shape index (κ2) is 8.30. The fraction of sp³-hybridized carbons (Fsp3) is 0.625. The van der Waals surface area contributed by atoms with Crippen LogP contribution in [0.5, 0.6) is 0 Å². The van der Waals surface area contributed by atoms with Crippen LogP contribution in [-0.4, -0.2) is 7.11 Å². The highest BCUT2D eigenvalue weighted by atomic mass is 16.5. The first-order valence-electron chi connectivity index (χ1n) is 6.87. The lowest BCUT2D eigenvalue weighted by atomic mass is 9.92. The molecule has 0 radical (unpaired) electrons. The first kappa shape index (κ1) is 14.2. The molecule has 0 heterocycles. The number of hydrogen-bond acceptors (Lipinski definition) is 1. The number of ether oxygens (including phenoxy) is 1. The van der Waals surface area contributed by atoms with Crippen LogP contribution in [-0.2, 0) is 4.74 Å². The van der Waals surface area contributed by atoms with E-state index < -0.39 is 0 Å². The third kappa shape index (κ3) is 4.91. The normalized spacial score (nSPS) is 14.5. The fourth-order valence-corrected chi connectivity index (χ4v) is 2.38. The summed E-state index contributed by atoms with van der Waals surface area (Å²) in [5, 5.41) is 0. The maximum absolute atomic E-state index is 5.66. The van der Waals surface area contributed by atoms with E-state index in [1.54, 1.807) is 0 Å². The molecule has 0 spiro atoms. The van der Waals surface area contributed by atoms with Crippen molar-refractivity contribution in [3.63, 3.8) is 0 Å². The van der Waals surface area contributed by atoms with Gasteiger partial charge in [0.2, 0.25) is 0 Å². The van der Waals surface area contributed by atoms with E-state index in [2.05, 4.69) is 44.2 Å². The minimum Gasteiger partial charge on any atom is -0.376 e. The standard InChI is InChI=1S/C16H26O/c1-4-5-6-8-11-14(2)16(17-3)15-12-9-7-10-13-15/h7,9-10,12-14,16H,4-6,8,11H2,1-3H3. The highest BCUT2D eigenvalue weighted by Crippen LogP contribution is 2.28. The molecule has 17 heavy (non-hydrogen) atoms. The molecular weight excluding hydrogens is 208 g/mol. The SMILES string of the molecule is CCCCCCC(C)C(OC)c1ccccc1. The van der Waals surface area contributed by atoms with E-state index in [0.717, 1.165) is 0 Å². The van der Waals surface area contributed by atoms with E-state index in [0.29, 0.717) is 5.92 Å². The number of rotatable bonds is 8. The van der Waals surface area contributed by atoms with Crippen LogP contribution in [0.4, 0.5) is 0 Å². The van der Waals surface area contributed by atoms with E-state index in [1.165, 1.54) is 37.7 Å². The van der Waals surface area contributed by atoms with Gasteiger partial charge in [-0.15, -0.1) is 0 Å². The first-order valence-corrected chi connectivity index (χ1v) is 6.87. The molecule has 1 nitrogen and oxygen atoms in total. The second-order valence-corrected chi connectivity index (χ2v) is 4.89. The summed E-state index contributed by atoms with van der Waals surface area (Å²) >= 11 is 0. The Morgan fingerprint density at radius 3 is 2.35 bits per heavy atom. The van der Waals surface area contributed by atoms with Crippen LogP contribution in [0.15, 0.2) is 30.3 Å². The zero-order valence-electron chi connectivity index (χ0n) is 11.5. The van der Waals surface area contributed by atoms with Crippen molar-refractivity contribution in [1.82, 2.24) is 0 Å². The van der Waals surface area contributed by atoms with E-state index >= 15 is 0 Å². The van der Waals surface area contributed by atoms with Gasteiger partial charge in [-0.05, 0) is 17.9 Å². The van der Waals surface area contributed by atoms with Crippen LogP contribution in [0.2, 0.25) is 0 Å². The predicted octanol–water partition coefficient (Wildman–Crippen LogP) is 4.98. The molecule has 0 N–H and O–H groups in total. The lowest BCUT2D eigenvalue weighted by molar-refractivity contribution is 0.0536. The minimum atomic E-state index is 0.248. The summed E-state index contributed by atoms with van der Waals surface area (Å²) in [6.07, 6.45) is 6.84. The van der Waals surface area contributed by atoms with E-state index in [4.69, 9.17) is 4.74 Å². The summed E-state index contributed by atoms with van der Waals surface area (Å²) in [7, 11) is 1.82. The van der Waals surface area contributed by atoms with Gasteiger partial charge in [-0.1, -0.05) is 69.9 Å². The molecule has 1 aromatic carbocycles. The topological polar surface area (TPSA) is 9.23 Å². The molecule has 2 unspecified atom stereocenters. The molecule has 1 rings (SSSR count). The Balaban J connectivity index is 2.44. The van der Waals surface area contributed by atoms with Gasteiger partial charge in [-0.2, -0.15) is 0 Å². The van der Waals surface area contributed by atoms with Crippen molar-refractivity contribution in [1.29, 1.82) is 0 Å². The Kier molecular flexibility index (Phi) is 6.95. The maximum atomic E-state index is 5.66. The highest BCUT2D eigenvalue weighted by molar-refractivity contribution is 5.18. The second-order valence-electron chi connectivity index (χ2n) is 4.89. The first-order chi connectivity index (χ1) is 8.29. The molecule has 0 amide bonds. The number of methoxy groups -OCH3 is 1. The van der Waals surface area contributed by atoms with Crippen molar-refractivity contribution in [3.8, 4) is 0 Å². The van der Waals surface area contributed by atoms with E-state index in [-0.39, 0.29) is 6.10 Å². The maximum Gasteiger partial charge on any atom is 0.0846 e. The Morgan fingerprint density at radius 2 is 1.76 bits per heavy atom. The van der Waals surface area contributed by atoms with Gasteiger partial charge in [0, 0.05) is 7.11 Å². The van der Waals surface area contributed by atoms with Crippen molar-refractivity contribution in [2.24, 2.45) is 5.92 Å². The van der Waals surface area contributed by atoms with Gasteiger partial charge in [0.1, 0.15) is 0 Å². The summed E-state index contributed by atoms with van der Waals surface area (Å²) < 4.78 is 5.66. The largest absolute Gasteiger partial charge is 0.376 e. The zero-order chi connectivity index (χ0) is 12.5. The molecule has 0 aliphatic heterocycles. The van der Waals surface area contributed by atoms with Crippen molar-refractivity contribution in [2.75, 3.05) is 7.11 Å². The smallest absolute Gasteiger partial charge is 0.0846 e. The Hall–Kier alpha value is -0.820. The van der Waals surface area contributed by atoms with Crippen LogP contribution < -0.4 is 0 Å². The van der Waals surface area contributed by atoms with Crippen LogP contribution in [0.1, 0.15) is 57.6 Å². The van der Waals surface area contributed by atoms with Gasteiger partial charge in [0.15, 0.2) is 0 Å². The van der Waals surface area contributed by atoms with Crippen molar-refractivity contribution >= 4 is 0 Å². The molecule has 1 aromatic rings. The number of benzene rings is 1. The van der Waals surface area contributed by atoms with Gasteiger partial charge >= 0.3 is 0 Å². The quantitative estimate of drug-likeness (QED) is 0.576. The van der Waals surface area contributed by atoms with Gasteiger partial charge in [0.25, 0.3) is 0 Å². The molecule has 0 fully saturated rings. The Morgan fingerprint density at radius 1 is 1.06 bits per heavy atom. The fourth-order valence-electron chi connectivity index (χ4n) is 2.38. The average Bonchev–Trinajstić information content (AvgIpc) is 2.37. The molecule has 0 aromatic heterocycles. The number of unbranched alkanes of at least 4 members (excludes halogenated alkanes) is 3. The Bertz CT molecular complexity index is 281. The average molecular weight is 234 g/mol. The molecule has 0 aliphatic rings. The van der Waals surface area contributed by atoms with E-state index in [1.807, 2.05) is 7.11 Å². The highest BCUT2D eigenvalue weighted by Gasteiger charge is 2.17. The van der Waals surface area contributed by atoms with E-state index in [9.17, 15) is 0 Å². The van der Waals surface area contributed by atoms with Crippen molar-refractivity contribution in [2.45, 2.75) is 52.1 Å². The summed E-state index contributed by atoms with van der Waals surface area (Å²) in [5.74, 6) is 0.597. The lowest BCUT2D eigenvalue weighted by Gasteiger charge is -2.23. The molecule has 1 heteroatoms. The molecule has 0 saturated carbocycles. The Labute approximate surface area is 106 Å². The molecule has 2 atom stereocenters. The molecular formula is C16H26O. The summed E-state index contributed by atoms with van der Waals surface area (Å²) in [6, 6.07) is 10.6. The van der Waals surface area contributed by atoms with Crippen LogP contribution in [0, 0.1) is 5.92 Å². The third-order valence-electron chi connectivity index (χ3n) is 3.41.